The van der Waals surface area contributed by atoms with E-state index in [0.29, 0.717) is 19.3 Å². The largest absolute Gasteiger partial charge is 0.465 e. The normalized spacial score (nSPS) is 38.4. The van der Waals surface area contributed by atoms with Crippen molar-refractivity contribution >= 4 is 5.97 Å². The molecule has 1 saturated heterocycles. The Kier molecular flexibility index (Phi) is 10.0. The lowest BCUT2D eigenvalue weighted by Crippen LogP contribution is -2.70. The van der Waals surface area contributed by atoms with Crippen LogP contribution in [0.15, 0.2) is 0 Å². The molecule has 3 aliphatic carbocycles. The number of halogens is 13. The van der Waals surface area contributed by atoms with Gasteiger partial charge in [-0.1, -0.05) is 20.8 Å². The average Bonchev–Trinajstić information content (AvgIpc) is 3.27. The smallest absolute Gasteiger partial charge is 0.460 e. The third-order valence-corrected chi connectivity index (χ3v) is 12.5. The zero-order valence-electron chi connectivity index (χ0n) is 26.4. The van der Waals surface area contributed by atoms with E-state index in [0.717, 1.165) is 0 Å². The second-order valence-electron chi connectivity index (χ2n) is 15.0. The molecule has 49 heavy (non-hydrogen) atoms. The SMILES string of the molecule is C[C@H]([C@@H](O)[C@H](O)CC(F)(F)C(F)(F)C(F)(F)C(F)(F)C(F)(F)C(F)(F)F)[C@H]1CC[C@H]2[C@@H]3COC(=O)[C@H]4C[C@H](O)[C@H](O)C[C@]4(C)[C@H]3CC[C@]12C. The third-order valence-electron chi connectivity index (χ3n) is 12.5. The maximum Gasteiger partial charge on any atom is 0.460 e. The molecule has 4 N–H and O–H groups in total. The van der Waals surface area contributed by atoms with Gasteiger partial charge in [-0.25, -0.2) is 0 Å². The van der Waals surface area contributed by atoms with Crippen LogP contribution in [0.3, 0.4) is 0 Å². The van der Waals surface area contributed by atoms with E-state index in [9.17, 15) is 82.3 Å². The number of aliphatic hydroxyl groups is 4. The van der Waals surface area contributed by atoms with E-state index in [1.165, 1.54) is 6.92 Å². The molecule has 19 heteroatoms. The number of ether oxygens (including phenoxy) is 1. The maximum atomic E-state index is 14.6. The molecule has 0 spiro atoms. The van der Waals surface area contributed by atoms with Crippen molar-refractivity contribution in [1.82, 2.24) is 0 Å². The molecule has 1 heterocycles. The molecule has 0 radical (unpaired) electrons. The van der Waals surface area contributed by atoms with Crippen molar-refractivity contribution in [2.24, 2.45) is 46.3 Å². The van der Waals surface area contributed by atoms with Gasteiger partial charge < -0.3 is 25.2 Å². The van der Waals surface area contributed by atoms with Gasteiger partial charge in [0.05, 0.1) is 36.9 Å². The quantitative estimate of drug-likeness (QED) is 0.165. The van der Waals surface area contributed by atoms with E-state index in [2.05, 4.69) is 0 Å². The molecule has 12 atom stereocenters. The number of rotatable bonds is 9. The van der Waals surface area contributed by atoms with Gasteiger partial charge in [0.25, 0.3) is 0 Å². The Morgan fingerprint density at radius 3 is 1.86 bits per heavy atom. The summed E-state index contributed by atoms with van der Waals surface area (Å²) >= 11 is 0. The van der Waals surface area contributed by atoms with Crippen LogP contribution in [0.1, 0.15) is 65.7 Å². The van der Waals surface area contributed by atoms with Gasteiger partial charge in [-0.3, -0.25) is 4.79 Å². The second kappa shape index (κ2) is 12.2. The van der Waals surface area contributed by atoms with Crippen LogP contribution in [0.5, 0.6) is 0 Å². The number of hydrogen-bond acceptors (Lipinski definition) is 6. The molecular weight excluding hydrogens is 703 g/mol. The van der Waals surface area contributed by atoms with Gasteiger partial charge in [0.1, 0.15) is 0 Å². The molecule has 0 aromatic rings. The summed E-state index contributed by atoms with van der Waals surface area (Å²) in [6.45, 7) is 4.79. The van der Waals surface area contributed by atoms with Gasteiger partial charge in [0.2, 0.25) is 0 Å². The van der Waals surface area contributed by atoms with E-state index in [4.69, 9.17) is 4.74 Å². The Morgan fingerprint density at radius 2 is 1.31 bits per heavy atom. The zero-order valence-corrected chi connectivity index (χ0v) is 26.4. The molecule has 286 valence electrons. The van der Waals surface area contributed by atoms with Crippen LogP contribution in [-0.2, 0) is 9.53 Å². The minimum Gasteiger partial charge on any atom is -0.465 e. The molecule has 3 saturated carbocycles. The number of alkyl halides is 13. The van der Waals surface area contributed by atoms with Gasteiger partial charge >= 0.3 is 41.8 Å². The minimum atomic E-state index is -8.06. The maximum absolute atomic E-state index is 14.6. The fourth-order valence-corrected chi connectivity index (χ4v) is 9.60. The summed E-state index contributed by atoms with van der Waals surface area (Å²) in [6, 6.07) is 0. The van der Waals surface area contributed by atoms with Crippen LogP contribution in [0.25, 0.3) is 0 Å². The molecule has 4 aliphatic rings. The average molecular weight is 743 g/mol. The molecule has 0 aromatic heterocycles. The number of carbonyl (C=O) groups excluding carboxylic acids is 1. The van der Waals surface area contributed by atoms with Gasteiger partial charge in [0, 0.05) is 6.42 Å². The fourth-order valence-electron chi connectivity index (χ4n) is 9.60. The van der Waals surface area contributed by atoms with Crippen molar-refractivity contribution in [2.75, 3.05) is 6.61 Å². The third kappa shape index (κ3) is 5.82. The first-order valence-corrected chi connectivity index (χ1v) is 15.8. The van der Waals surface area contributed by atoms with Crippen LogP contribution in [0.4, 0.5) is 57.1 Å². The predicted molar refractivity (Wildman–Crippen MR) is 141 cm³/mol. The molecule has 4 rings (SSSR count). The molecule has 0 amide bonds. The summed E-state index contributed by atoms with van der Waals surface area (Å²) in [7, 11) is 0. The number of aliphatic hydroxyl groups excluding tert-OH is 4. The van der Waals surface area contributed by atoms with E-state index in [1.54, 1.807) is 6.92 Å². The van der Waals surface area contributed by atoms with E-state index >= 15 is 0 Å². The topological polar surface area (TPSA) is 107 Å². The molecule has 0 bridgehead atoms. The van der Waals surface area contributed by atoms with Gasteiger partial charge in [0.15, 0.2) is 0 Å². The summed E-state index contributed by atoms with van der Waals surface area (Å²) in [4.78, 5) is 13.0. The molecule has 1 aliphatic heterocycles. The van der Waals surface area contributed by atoms with Crippen molar-refractivity contribution in [3.05, 3.63) is 0 Å². The Bertz CT molecular complexity index is 1250. The van der Waals surface area contributed by atoms with Crippen molar-refractivity contribution in [1.29, 1.82) is 0 Å². The summed E-state index contributed by atoms with van der Waals surface area (Å²) in [5.74, 6) is -42.0. The van der Waals surface area contributed by atoms with Crippen molar-refractivity contribution in [3.63, 3.8) is 0 Å². The summed E-state index contributed by atoms with van der Waals surface area (Å²) in [5, 5.41) is 41.8. The van der Waals surface area contributed by atoms with Crippen molar-refractivity contribution in [2.45, 2.75) is 126 Å². The lowest BCUT2D eigenvalue weighted by Gasteiger charge is -2.56. The molecule has 0 unspecified atom stereocenters. The summed E-state index contributed by atoms with van der Waals surface area (Å²) < 4.78 is 182. The Morgan fingerprint density at radius 1 is 0.776 bits per heavy atom. The fraction of sp³-hybridized carbons (Fsp3) is 0.967. The molecule has 6 nitrogen and oxygen atoms in total. The number of hydrogen-bond donors (Lipinski definition) is 4. The van der Waals surface area contributed by atoms with Crippen molar-refractivity contribution < 1.29 is 87.0 Å². The van der Waals surface area contributed by atoms with Crippen LogP contribution in [0, 0.1) is 46.3 Å². The van der Waals surface area contributed by atoms with Gasteiger partial charge in [-0.15, -0.1) is 0 Å². The lowest BCUT2D eigenvalue weighted by molar-refractivity contribution is -0.441. The van der Waals surface area contributed by atoms with Gasteiger partial charge in [-0.2, -0.15) is 57.1 Å². The van der Waals surface area contributed by atoms with E-state index < -0.39 is 101 Å². The molecular formula is C30H39F13O6. The Labute approximate surface area is 272 Å². The highest BCUT2D eigenvalue weighted by Crippen LogP contribution is 2.67. The first kappa shape index (κ1) is 40.2. The summed E-state index contributed by atoms with van der Waals surface area (Å²) in [5.41, 5.74) is -1.56. The second-order valence-corrected chi connectivity index (χ2v) is 15.0. The van der Waals surface area contributed by atoms with Crippen LogP contribution in [0.2, 0.25) is 0 Å². The van der Waals surface area contributed by atoms with Crippen LogP contribution < -0.4 is 0 Å². The van der Waals surface area contributed by atoms with Crippen LogP contribution >= 0.6 is 0 Å². The lowest BCUT2D eigenvalue weighted by atomic mass is 9.48. The Hall–Kier alpha value is -1.60. The number of carbonyl (C=O) groups is 1. The number of fused-ring (bicyclic) bond motifs is 5. The highest BCUT2D eigenvalue weighted by atomic mass is 19.4. The predicted octanol–water partition coefficient (Wildman–Crippen LogP) is 6.23. The Balaban J connectivity index is 1.53. The van der Waals surface area contributed by atoms with Gasteiger partial charge in [-0.05, 0) is 78.9 Å². The molecule has 4 fully saturated rings. The zero-order chi connectivity index (χ0) is 37.7. The van der Waals surface area contributed by atoms with Crippen LogP contribution in [-0.4, -0.2) is 93.2 Å². The van der Waals surface area contributed by atoms with E-state index in [-0.39, 0.29) is 43.6 Å². The molecule has 0 aromatic carbocycles. The first-order valence-electron chi connectivity index (χ1n) is 15.8. The van der Waals surface area contributed by atoms with E-state index in [1.807, 2.05) is 6.92 Å². The highest BCUT2D eigenvalue weighted by molar-refractivity contribution is 5.74. The first-order chi connectivity index (χ1) is 21.9. The minimum absolute atomic E-state index is 0.0244. The standard InChI is InChI=1S/C30H39F13O6/c1-12(21(47)20(46)10-25(31,32)26(33,34)27(35,36)28(37,38)29(39,40)30(41,42)43)14-4-5-15-13-11-49-22(48)17-8-18(44)19(45)9-24(17,3)16(13)6-7-23(14,15)2/h12-21,44-47H,4-11H2,1-3H3/t12-,13-,14+,15-,16-,17+,18-,19+,20+,21+,23+,24+/m0/s1. The summed E-state index contributed by atoms with van der Waals surface area (Å²) in [6.07, 6.45) is -16.6. The monoisotopic (exact) mass is 742 g/mol. The number of cyclic esters (lactones) is 1. The number of esters is 1. The highest BCUT2D eigenvalue weighted by Gasteiger charge is 2.90. The van der Waals surface area contributed by atoms with Crippen molar-refractivity contribution in [3.8, 4) is 0 Å².